The Kier molecular flexibility index (Phi) is 5.38. The molecule has 0 aliphatic rings. The summed E-state index contributed by atoms with van der Waals surface area (Å²) in [5, 5.41) is 2.63. The van der Waals surface area contributed by atoms with E-state index in [-0.39, 0.29) is 18.0 Å². The lowest BCUT2D eigenvalue weighted by molar-refractivity contribution is -0.116. The molecule has 0 atom stereocenters. The van der Waals surface area contributed by atoms with Gasteiger partial charge >= 0.3 is 0 Å². The first kappa shape index (κ1) is 17.3. The standard InChI is InChI=1S/C19H18N4O3/c1-2-26-15-8-6-14(7-9-15)16-11-19(25)23(13-21-16)12-18(24)22-17-5-3-4-10-20-17/h3-11,13H,2,12H2,1H3,(H,20,22,24). The molecule has 0 spiro atoms. The van der Waals surface area contributed by atoms with Crippen molar-refractivity contribution in [2.24, 2.45) is 0 Å². The summed E-state index contributed by atoms with van der Waals surface area (Å²) in [6.45, 7) is 2.37. The maximum atomic E-state index is 12.3. The van der Waals surface area contributed by atoms with Gasteiger partial charge in [0.05, 0.1) is 18.6 Å². The minimum absolute atomic E-state index is 0.133. The minimum Gasteiger partial charge on any atom is -0.494 e. The van der Waals surface area contributed by atoms with Crippen LogP contribution >= 0.6 is 0 Å². The number of hydrogen-bond donors (Lipinski definition) is 1. The third-order valence-electron chi connectivity index (χ3n) is 3.59. The second-order valence-corrected chi connectivity index (χ2v) is 5.46. The summed E-state index contributed by atoms with van der Waals surface area (Å²) in [5.41, 5.74) is 1.04. The van der Waals surface area contributed by atoms with Crippen molar-refractivity contribution in [1.82, 2.24) is 14.5 Å². The van der Waals surface area contributed by atoms with Crippen LogP contribution in [0.3, 0.4) is 0 Å². The van der Waals surface area contributed by atoms with E-state index in [0.717, 1.165) is 11.3 Å². The van der Waals surface area contributed by atoms with Crippen LogP contribution in [0.2, 0.25) is 0 Å². The second kappa shape index (κ2) is 8.06. The third kappa shape index (κ3) is 4.32. The number of ether oxygens (including phenoxy) is 1. The quantitative estimate of drug-likeness (QED) is 0.737. The summed E-state index contributed by atoms with van der Waals surface area (Å²) in [5.74, 6) is 0.849. The van der Waals surface area contributed by atoms with Crippen molar-refractivity contribution in [1.29, 1.82) is 0 Å². The van der Waals surface area contributed by atoms with Crippen LogP contribution in [0.25, 0.3) is 11.3 Å². The van der Waals surface area contributed by atoms with Gasteiger partial charge in [0, 0.05) is 17.8 Å². The molecule has 2 heterocycles. The maximum Gasteiger partial charge on any atom is 0.254 e. The van der Waals surface area contributed by atoms with Gasteiger partial charge in [-0.3, -0.25) is 14.2 Å². The fraction of sp³-hybridized carbons (Fsp3) is 0.158. The summed E-state index contributed by atoms with van der Waals surface area (Å²) in [4.78, 5) is 32.6. The number of carbonyl (C=O) groups is 1. The Morgan fingerprint density at radius 3 is 2.62 bits per heavy atom. The first-order chi connectivity index (χ1) is 12.7. The molecule has 0 unspecified atom stereocenters. The zero-order valence-corrected chi connectivity index (χ0v) is 14.3. The molecular formula is C19H18N4O3. The summed E-state index contributed by atoms with van der Waals surface area (Å²) in [6.07, 6.45) is 2.95. The van der Waals surface area contributed by atoms with Crippen LogP contribution in [0.1, 0.15) is 6.92 Å². The molecule has 0 aliphatic heterocycles. The maximum absolute atomic E-state index is 12.3. The minimum atomic E-state index is -0.346. The van der Waals surface area contributed by atoms with Gasteiger partial charge in [-0.2, -0.15) is 0 Å². The highest BCUT2D eigenvalue weighted by atomic mass is 16.5. The Balaban J connectivity index is 1.71. The van der Waals surface area contributed by atoms with Crippen molar-refractivity contribution in [2.75, 3.05) is 11.9 Å². The smallest absolute Gasteiger partial charge is 0.254 e. The first-order valence-electron chi connectivity index (χ1n) is 8.16. The highest BCUT2D eigenvalue weighted by Gasteiger charge is 2.08. The number of aromatic nitrogens is 3. The molecule has 3 aromatic rings. The first-order valence-corrected chi connectivity index (χ1v) is 8.16. The van der Waals surface area contributed by atoms with E-state index in [1.807, 2.05) is 31.2 Å². The summed E-state index contributed by atoms with van der Waals surface area (Å²) in [7, 11) is 0. The number of amides is 1. The van der Waals surface area contributed by atoms with E-state index in [0.29, 0.717) is 18.1 Å². The lowest BCUT2D eigenvalue weighted by Gasteiger charge is -2.08. The lowest BCUT2D eigenvalue weighted by Crippen LogP contribution is -2.27. The number of pyridine rings is 1. The van der Waals surface area contributed by atoms with Gasteiger partial charge in [-0.25, -0.2) is 9.97 Å². The molecule has 0 saturated heterocycles. The Morgan fingerprint density at radius 1 is 1.15 bits per heavy atom. The Hall–Kier alpha value is -3.48. The Bertz CT molecular complexity index is 937. The molecule has 0 aliphatic carbocycles. The summed E-state index contributed by atoms with van der Waals surface area (Å²) in [6, 6.07) is 13.9. The molecule has 1 aromatic carbocycles. The molecule has 0 bridgehead atoms. The van der Waals surface area contributed by atoms with Gasteiger partial charge in [-0.15, -0.1) is 0 Å². The SMILES string of the molecule is CCOc1ccc(-c2cc(=O)n(CC(=O)Nc3ccccn3)cn2)cc1. The van der Waals surface area contributed by atoms with Crippen LogP contribution < -0.4 is 15.6 Å². The normalized spacial score (nSPS) is 10.3. The lowest BCUT2D eigenvalue weighted by atomic mass is 10.1. The highest BCUT2D eigenvalue weighted by Crippen LogP contribution is 2.19. The van der Waals surface area contributed by atoms with Crippen molar-refractivity contribution in [2.45, 2.75) is 13.5 Å². The van der Waals surface area contributed by atoms with Gasteiger partial charge in [0.15, 0.2) is 0 Å². The predicted octanol–water partition coefficient (Wildman–Crippen LogP) is 2.34. The van der Waals surface area contributed by atoms with Gasteiger partial charge in [0.1, 0.15) is 18.1 Å². The van der Waals surface area contributed by atoms with Crippen molar-refractivity contribution >= 4 is 11.7 Å². The van der Waals surface area contributed by atoms with Crippen LogP contribution in [0.15, 0.2) is 65.8 Å². The zero-order valence-electron chi connectivity index (χ0n) is 14.3. The topological polar surface area (TPSA) is 86.1 Å². The van der Waals surface area contributed by atoms with Gasteiger partial charge < -0.3 is 10.1 Å². The monoisotopic (exact) mass is 350 g/mol. The molecule has 0 fully saturated rings. The van der Waals surface area contributed by atoms with Crippen LogP contribution in [-0.4, -0.2) is 27.0 Å². The number of nitrogens with zero attached hydrogens (tertiary/aromatic N) is 3. The Morgan fingerprint density at radius 2 is 1.96 bits per heavy atom. The number of benzene rings is 1. The number of hydrogen-bond acceptors (Lipinski definition) is 5. The van der Waals surface area contributed by atoms with E-state index in [1.165, 1.54) is 17.0 Å². The molecule has 3 rings (SSSR count). The average molecular weight is 350 g/mol. The summed E-state index contributed by atoms with van der Waals surface area (Å²) < 4.78 is 6.64. The molecule has 0 radical (unpaired) electrons. The predicted molar refractivity (Wildman–Crippen MR) is 98.0 cm³/mol. The fourth-order valence-corrected chi connectivity index (χ4v) is 2.36. The highest BCUT2D eigenvalue weighted by molar-refractivity contribution is 5.89. The molecule has 26 heavy (non-hydrogen) atoms. The van der Waals surface area contributed by atoms with Crippen LogP contribution in [-0.2, 0) is 11.3 Å². The fourth-order valence-electron chi connectivity index (χ4n) is 2.36. The van der Waals surface area contributed by atoms with Crippen LogP contribution in [0.5, 0.6) is 5.75 Å². The van der Waals surface area contributed by atoms with E-state index in [1.54, 1.807) is 24.4 Å². The van der Waals surface area contributed by atoms with Gasteiger partial charge in [-0.05, 0) is 43.3 Å². The molecule has 7 heteroatoms. The van der Waals surface area contributed by atoms with Crippen molar-refractivity contribution < 1.29 is 9.53 Å². The van der Waals surface area contributed by atoms with Crippen molar-refractivity contribution in [3.8, 4) is 17.0 Å². The molecule has 1 N–H and O–H groups in total. The van der Waals surface area contributed by atoms with E-state index < -0.39 is 0 Å². The number of carbonyl (C=O) groups excluding carboxylic acids is 1. The number of anilines is 1. The molecule has 0 saturated carbocycles. The van der Waals surface area contributed by atoms with Gasteiger partial charge in [-0.1, -0.05) is 6.07 Å². The number of nitrogens with one attached hydrogen (secondary N) is 1. The van der Waals surface area contributed by atoms with Gasteiger partial charge in [0.25, 0.3) is 5.56 Å². The second-order valence-electron chi connectivity index (χ2n) is 5.46. The van der Waals surface area contributed by atoms with Crippen LogP contribution in [0.4, 0.5) is 5.82 Å². The molecule has 132 valence electrons. The van der Waals surface area contributed by atoms with E-state index in [4.69, 9.17) is 4.74 Å². The molecule has 2 aromatic heterocycles. The van der Waals surface area contributed by atoms with Crippen molar-refractivity contribution in [3.05, 3.63) is 71.4 Å². The third-order valence-corrected chi connectivity index (χ3v) is 3.59. The Labute approximate surface area is 150 Å². The number of rotatable bonds is 6. The van der Waals surface area contributed by atoms with E-state index in [2.05, 4.69) is 15.3 Å². The molecular weight excluding hydrogens is 332 g/mol. The molecule has 7 nitrogen and oxygen atoms in total. The van der Waals surface area contributed by atoms with Crippen molar-refractivity contribution in [3.63, 3.8) is 0 Å². The van der Waals surface area contributed by atoms with E-state index in [9.17, 15) is 9.59 Å². The average Bonchev–Trinajstić information content (AvgIpc) is 2.65. The summed E-state index contributed by atoms with van der Waals surface area (Å²) >= 11 is 0. The van der Waals surface area contributed by atoms with Crippen LogP contribution in [0, 0.1) is 0 Å². The van der Waals surface area contributed by atoms with Gasteiger partial charge in [0.2, 0.25) is 5.91 Å². The largest absolute Gasteiger partial charge is 0.494 e. The van der Waals surface area contributed by atoms with E-state index >= 15 is 0 Å². The molecule has 1 amide bonds. The zero-order chi connectivity index (χ0) is 18.4.